The zero-order valence-electron chi connectivity index (χ0n) is 11.6. The van der Waals surface area contributed by atoms with Gasteiger partial charge in [-0.05, 0) is 0 Å². The summed E-state index contributed by atoms with van der Waals surface area (Å²) in [7, 11) is 0. The van der Waals surface area contributed by atoms with Gasteiger partial charge in [-0.25, -0.2) is 0 Å². The second-order valence-corrected chi connectivity index (χ2v) is 5.70. The Morgan fingerprint density at radius 2 is 2.06 bits per heavy atom. The van der Waals surface area contributed by atoms with E-state index in [0.717, 1.165) is 18.8 Å². The van der Waals surface area contributed by atoms with Gasteiger partial charge >= 0.3 is 101 Å². The molecule has 0 fully saturated rings. The Kier molecular flexibility index (Phi) is 7.33. The molecule has 0 aromatic heterocycles. The number of aliphatic imine (C=N–C) groups is 1. The molecular formula is C14H26BN. The molecule has 0 aromatic carbocycles. The van der Waals surface area contributed by atoms with Crippen LogP contribution in [0.5, 0.6) is 0 Å². The van der Waals surface area contributed by atoms with Crippen molar-refractivity contribution in [1.82, 2.24) is 0 Å². The van der Waals surface area contributed by atoms with Crippen LogP contribution >= 0.6 is 0 Å². The molecular weight excluding hydrogens is 193 g/mol. The van der Waals surface area contributed by atoms with Gasteiger partial charge in [0.2, 0.25) is 0 Å². The third-order valence-electron chi connectivity index (χ3n) is 2.75. The minimum atomic E-state index is 0.356. The van der Waals surface area contributed by atoms with Gasteiger partial charge in [-0.3, -0.25) is 0 Å². The summed E-state index contributed by atoms with van der Waals surface area (Å²) in [4.78, 5) is 4.44. The van der Waals surface area contributed by atoms with Crippen molar-refractivity contribution in [3.05, 3.63) is 6.58 Å². The van der Waals surface area contributed by atoms with Gasteiger partial charge in [-0.15, -0.1) is 0 Å². The summed E-state index contributed by atoms with van der Waals surface area (Å²) in [5, 5.41) is 0. The topological polar surface area (TPSA) is 12.4 Å². The standard InChI is InChI=1S/C14H26BN/c1-7-15-11-14(5,6)10-13(4)8-9-16-12(2)3/h13H,1,8-11H2,2-6H3. The summed E-state index contributed by atoms with van der Waals surface area (Å²) in [5.74, 6) is 0.733. The number of rotatable bonds is 7. The summed E-state index contributed by atoms with van der Waals surface area (Å²) in [6.07, 6.45) is 3.49. The summed E-state index contributed by atoms with van der Waals surface area (Å²) in [5.41, 5.74) is 4.40. The van der Waals surface area contributed by atoms with Gasteiger partial charge in [0.05, 0.1) is 0 Å². The molecule has 0 aliphatic carbocycles. The molecule has 0 heterocycles. The predicted octanol–water partition coefficient (Wildman–Crippen LogP) is 3.62. The molecule has 0 aromatic rings. The van der Waals surface area contributed by atoms with Gasteiger partial charge in [-0.2, -0.15) is 0 Å². The SMILES string of the molecule is C=C=BCC(C)(C)CC(C)CCN=C(C)C. The molecule has 0 spiro atoms. The molecule has 0 aliphatic heterocycles. The van der Waals surface area contributed by atoms with Crippen LogP contribution in [0.25, 0.3) is 0 Å². The number of hydrogen-bond donors (Lipinski definition) is 0. The van der Waals surface area contributed by atoms with Crippen molar-refractivity contribution in [1.29, 1.82) is 0 Å². The van der Waals surface area contributed by atoms with Gasteiger partial charge in [0.1, 0.15) is 0 Å². The van der Waals surface area contributed by atoms with Crippen molar-refractivity contribution in [2.24, 2.45) is 16.3 Å². The molecule has 0 saturated heterocycles. The number of nitrogens with zero attached hydrogens (tertiary/aromatic N) is 1. The number of hydrogen-bond acceptors (Lipinski definition) is 1. The Bertz CT molecular complexity index is 268. The fourth-order valence-corrected chi connectivity index (χ4v) is 1.99. The van der Waals surface area contributed by atoms with Crippen molar-refractivity contribution in [2.45, 2.75) is 53.8 Å². The van der Waals surface area contributed by atoms with E-state index in [2.05, 4.69) is 51.8 Å². The first-order valence-corrected chi connectivity index (χ1v) is 6.19. The quantitative estimate of drug-likeness (QED) is 0.458. The van der Waals surface area contributed by atoms with E-state index < -0.39 is 0 Å². The van der Waals surface area contributed by atoms with Crippen LogP contribution in [-0.2, 0) is 0 Å². The molecule has 1 nitrogen and oxygen atoms in total. The molecule has 1 unspecified atom stereocenters. The van der Waals surface area contributed by atoms with E-state index in [1.165, 1.54) is 18.6 Å². The van der Waals surface area contributed by atoms with Crippen LogP contribution in [0.1, 0.15) is 47.5 Å². The second kappa shape index (κ2) is 7.62. The van der Waals surface area contributed by atoms with Crippen LogP contribution in [0.3, 0.4) is 0 Å². The first-order chi connectivity index (χ1) is 7.37. The van der Waals surface area contributed by atoms with Crippen molar-refractivity contribution in [3.8, 4) is 0 Å². The molecule has 0 bridgehead atoms. The molecule has 0 aliphatic rings. The van der Waals surface area contributed by atoms with Crippen molar-refractivity contribution in [3.63, 3.8) is 0 Å². The van der Waals surface area contributed by atoms with E-state index in [1.807, 2.05) is 6.92 Å². The molecule has 0 saturated carbocycles. The Morgan fingerprint density at radius 3 is 2.56 bits per heavy atom. The van der Waals surface area contributed by atoms with E-state index >= 15 is 0 Å². The summed E-state index contributed by atoms with van der Waals surface area (Å²) >= 11 is 0. The van der Waals surface area contributed by atoms with Gasteiger partial charge in [0, 0.05) is 0 Å². The van der Waals surface area contributed by atoms with E-state index in [-0.39, 0.29) is 0 Å². The normalized spacial score (nSPS) is 12.6. The third-order valence-corrected chi connectivity index (χ3v) is 2.75. The van der Waals surface area contributed by atoms with Crippen LogP contribution in [0.4, 0.5) is 0 Å². The average Bonchev–Trinajstić information content (AvgIpc) is 2.13. The zero-order valence-corrected chi connectivity index (χ0v) is 11.6. The van der Waals surface area contributed by atoms with Crippen LogP contribution in [0.2, 0.25) is 6.32 Å². The van der Waals surface area contributed by atoms with Gasteiger partial charge < -0.3 is 0 Å². The molecule has 1 atom stereocenters. The molecule has 2 heteroatoms. The van der Waals surface area contributed by atoms with Gasteiger partial charge in [0.25, 0.3) is 0 Å². The second-order valence-electron chi connectivity index (χ2n) is 5.70. The fraction of sp³-hybridized carbons (Fsp3) is 0.786. The Balaban J connectivity index is 3.97. The molecule has 90 valence electrons. The van der Waals surface area contributed by atoms with E-state index in [0.29, 0.717) is 5.41 Å². The van der Waals surface area contributed by atoms with Crippen molar-refractivity contribution >= 4 is 18.3 Å². The monoisotopic (exact) mass is 219 g/mol. The molecule has 16 heavy (non-hydrogen) atoms. The van der Waals surface area contributed by atoms with E-state index in [9.17, 15) is 0 Å². The Hall–Kier alpha value is -0.615. The van der Waals surface area contributed by atoms with Crippen LogP contribution in [-0.4, -0.2) is 24.8 Å². The first-order valence-electron chi connectivity index (χ1n) is 6.19. The fourth-order valence-electron chi connectivity index (χ4n) is 1.99. The van der Waals surface area contributed by atoms with Gasteiger partial charge in [-0.1, -0.05) is 0 Å². The predicted molar refractivity (Wildman–Crippen MR) is 77.0 cm³/mol. The average molecular weight is 219 g/mol. The summed E-state index contributed by atoms with van der Waals surface area (Å²) in [6, 6.07) is 0. The minimum absolute atomic E-state index is 0.356. The van der Waals surface area contributed by atoms with Gasteiger partial charge in [0.15, 0.2) is 0 Å². The summed E-state index contributed by atoms with van der Waals surface area (Å²) in [6.45, 7) is 17.7. The van der Waals surface area contributed by atoms with E-state index in [1.54, 1.807) is 0 Å². The zero-order chi connectivity index (χ0) is 12.6. The molecule has 0 radical (unpaired) electrons. The van der Waals surface area contributed by atoms with Crippen LogP contribution in [0, 0.1) is 11.3 Å². The molecule has 0 amide bonds. The summed E-state index contributed by atoms with van der Waals surface area (Å²) < 4.78 is 0. The Labute approximate surface area is 102 Å². The van der Waals surface area contributed by atoms with Crippen molar-refractivity contribution < 1.29 is 0 Å². The molecule has 0 N–H and O–H groups in total. The Morgan fingerprint density at radius 1 is 1.44 bits per heavy atom. The maximum absolute atomic E-state index is 4.44. The third kappa shape index (κ3) is 8.67. The van der Waals surface area contributed by atoms with Crippen LogP contribution in [0.15, 0.2) is 11.6 Å². The van der Waals surface area contributed by atoms with Crippen LogP contribution < -0.4 is 0 Å². The molecule has 0 rings (SSSR count). The van der Waals surface area contributed by atoms with E-state index in [4.69, 9.17) is 0 Å². The van der Waals surface area contributed by atoms with Crippen molar-refractivity contribution in [2.75, 3.05) is 6.54 Å². The maximum atomic E-state index is 4.44. The first kappa shape index (κ1) is 15.4.